The molecule has 37 heavy (non-hydrogen) atoms. The Morgan fingerprint density at radius 2 is 1.92 bits per heavy atom. The number of nitrogens with one attached hydrogen (secondary N) is 2. The lowest BCUT2D eigenvalue weighted by molar-refractivity contribution is 0.0972. The average Bonchev–Trinajstić information content (AvgIpc) is 2.93. The standard InChI is InChI=1S/C28H35N5O3S/c1-4-36-25-15-20-21(16-24(25)35-3)26(30-23-9-10-32(2)17-22(20)23)18-5-7-19(8-6-18)27(34)31-28(29)33-11-13-37-14-12-33/h5-8,15-16,22-23H,4,9-14,17H2,1-3H3,(H2,29,31,34)/t22-,23-/m1/s1. The van der Waals surface area contributed by atoms with E-state index in [0.29, 0.717) is 23.8 Å². The maximum atomic E-state index is 12.8. The van der Waals surface area contributed by atoms with E-state index in [-0.39, 0.29) is 17.9 Å². The third-order valence-electron chi connectivity index (χ3n) is 7.34. The van der Waals surface area contributed by atoms with Crippen molar-refractivity contribution in [3.05, 3.63) is 58.7 Å². The molecule has 0 bridgehead atoms. The number of ether oxygens (including phenoxy) is 2. The normalized spacial score (nSPS) is 21.4. The number of rotatable bonds is 5. The van der Waals surface area contributed by atoms with Crippen molar-refractivity contribution in [3.63, 3.8) is 0 Å². The molecule has 3 heterocycles. The summed E-state index contributed by atoms with van der Waals surface area (Å²) in [6.45, 7) is 6.09. The molecule has 0 aromatic heterocycles. The molecule has 2 fully saturated rings. The number of likely N-dealkylation sites (tertiary alicyclic amines) is 1. The Labute approximate surface area is 222 Å². The minimum atomic E-state index is -0.265. The van der Waals surface area contributed by atoms with Gasteiger partial charge in [0.2, 0.25) is 0 Å². The van der Waals surface area contributed by atoms with Gasteiger partial charge in [-0.25, -0.2) is 0 Å². The second-order valence-corrected chi connectivity index (χ2v) is 10.9. The average molecular weight is 522 g/mol. The van der Waals surface area contributed by atoms with Crippen LogP contribution in [0.4, 0.5) is 0 Å². The number of guanidine groups is 1. The predicted octanol–water partition coefficient (Wildman–Crippen LogP) is 3.45. The Bertz CT molecular complexity index is 1190. The summed E-state index contributed by atoms with van der Waals surface area (Å²) < 4.78 is 11.6. The molecule has 196 valence electrons. The maximum absolute atomic E-state index is 12.8. The monoisotopic (exact) mass is 521 g/mol. The van der Waals surface area contributed by atoms with Gasteiger partial charge in [-0.2, -0.15) is 11.8 Å². The lowest BCUT2D eigenvalue weighted by Gasteiger charge is -2.39. The Balaban J connectivity index is 1.43. The molecular formula is C28H35N5O3S. The van der Waals surface area contributed by atoms with Crippen LogP contribution in [0.2, 0.25) is 0 Å². The maximum Gasteiger partial charge on any atom is 0.257 e. The fourth-order valence-corrected chi connectivity index (χ4v) is 6.27. The molecule has 0 unspecified atom stereocenters. The highest BCUT2D eigenvalue weighted by Crippen LogP contribution is 2.42. The number of likely N-dealkylation sites (N-methyl/N-ethyl adjacent to an activating group) is 1. The summed E-state index contributed by atoms with van der Waals surface area (Å²) in [7, 11) is 3.82. The van der Waals surface area contributed by atoms with E-state index < -0.39 is 0 Å². The number of benzene rings is 2. The highest BCUT2D eigenvalue weighted by Gasteiger charge is 2.36. The molecule has 8 nitrogen and oxygen atoms in total. The quantitative estimate of drug-likeness (QED) is 0.463. The van der Waals surface area contributed by atoms with E-state index in [0.717, 1.165) is 66.7 Å². The Hall–Kier alpha value is -3.04. The number of fused-ring (bicyclic) bond motifs is 3. The van der Waals surface area contributed by atoms with Gasteiger partial charge in [-0.3, -0.25) is 20.5 Å². The summed E-state index contributed by atoms with van der Waals surface area (Å²) in [6.07, 6.45) is 0.998. The number of thioether (sulfide) groups is 1. The molecule has 2 N–H and O–H groups in total. The van der Waals surface area contributed by atoms with Crippen molar-refractivity contribution in [1.82, 2.24) is 15.1 Å². The van der Waals surface area contributed by atoms with Crippen molar-refractivity contribution >= 4 is 29.3 Å². The molecule has 3 aliphatic rings. The molecule has 3 aliphatic heterocycles. The van der Waals surface area contributed by atoms with E-state index in [4.69, 9.17) is 19.9 Å². The van der Waals surface area contributed by atoms with Crippen molar-refractivity contribution in [2.45, 2.75) is 25.3 Å². The number of carbonyl (C=O) groups excluding carboxylic acids is 1. The van der Waals surface area contributed by atoms with Crippen molar-refractivity contribution in [2.24, 2.45) is 4.99 Å². The van der Waals surface area contributed by atoms with Gasteiger partial charge < -0.3 is 19.3 Å². The molecule has 1 amide bonds. The third kappa shape index (κ3) is 5.33. The smallest absolute Gasteiger partial charge is 0.257 e. The van der Waals surface area contributed by atoms with Gasteiger partial charge in [0.25, 0.3) is 5.91 Å². The molecular weight excluding hydrogens is 486 g/mol. The van der Waals surface area contributed by atoms with Crippen LogP contribution in [0.15, 0.2) is 41.4 Å². The molecule has 5 rings (SSSR count). The van der Waals surface area contributed by atoms with Gasteiger partial charge in [-0.15, -0.1) is 0 Å². The van der Waals surface area contributed by atoms with Crippen LogP contribution in [-0.4, -0.2) is 91.9 Å². The first-order chi connectivity index (χ1) is 18.0. The summed E-state index contributed by atoms with van der Waals surface area (Å²) in [5, 5.41) is 11.0. The van der Waals surface area contributed by atoms with Crippen LogP contribution in [-0.2, 0) is 0 Å². The number of amides is 1. The van der Waals surface area contributed by atoms with E-state index in [9.17, 15) is 4.79 Å². The number of hydrogen-bond donors (Lipinski definition) is 2. The molecule has 0 spiro atoms. The van der Waals surface area contributed by atoms with Gasteiger partial charge in [-0.1, -0.05) is 12.1 Å². The van der Waals surface area contributed by atoms with E-state index in [1.807, 2.05) is 53.9 Å². The number of piperidine rings is 1. The van der Waals surface area contributed by atoms with Crippen molar-refractivity contribution in [3.8, 4) is 11.5 Å². The van der Waals surface area contributed by atoms with Crippen molar-refractivity contribution in [1.29, 1.82) is 5.41 Å². The minimum Gasteiger partial charge on any atom is -0.493 e. The molecule has 0 radical (unpaired) electrons. The first kappa shape index (κ1) is 25.6. The fourth-order valence-electron chi connectivity index (χ4n) is 5.37. The van der Waals surface area contributed by atoms with Gasteiger partial charge >= 0.3 is 0 Å². The lowest BCUT2D eigenvalue weighted by atomic mass is 9.79. The SMILES string of the molecule is CCOc1cc2c(cc1OC)C(c1ccc(C(=O)NC(=N)N3CCSCC3)cc1)=N[C@@H]1CCN(C)C[C@H]21. The number of aliphatic imine (C=N–C) groups is 1. The Morgan fingerprint density at radius 1 is 1.16 bits per heavy atom. The highest BCUT2D eigenvalue weighted by molar-refractivity contribution is 7.99. The zero-order valence-electron chi connectivity index (χ0n) is 21.8. The summed E-state index contributed by atoms with van der Waals surface area (Å²) in [5.41, 5.74) is 4.70. The van der Waals surface area contributed by atoms with E-state index in [1.165, 1.54) is 5.56 Å². The molecule has 2 atom stereocenters. The van der Waals surface area contributed by atoms with Crippen molar-refractivity contribution in [2.75, 3.05) is 58.4 Å². The highest BCUT2D eigenvalue weighted by atomic mass is 32.2. The van der Waals surface area contributed by atoms with Crippen LogP contribution in [0.3, 0.4) is 0 Å². The van der Waals surface area contributed by atoms with Gasteiger partial charge in [0, 0.05) is 53.7 Å². The summed E-state index contributed by atoms with van der Waals surface area (Å²) in [5.74, 6) is 3.62. The van der Waals surface area contributed by atoms with Crippen LogP contribution in [0.5, 0.6) is 11.5 Å². The number of nitrogens with zero attached hydrogens (tertiary/aromatic N) is 3. The minimum absolute atomic E-state index is 0.172. The molecule has 9 heteroatoms. The van der Waals surface area contributed by atoms with Gasteiger partial charge in [-0.05, 0) is 56.8 Å². The van der Waals surface area contributed by atoms with Crippen LogP contribution in [0.1, 0.15) is 46.3 Å². The number of methoxy groups -OCH3 is 1. The van der Waals surface area contributed by atoms with Gasteiger partial charge in [0.15, 0.2) is 17.5 Å². The molecule has 2 aromatic carbocycles. The van der Waals surface area contributed by atoms with E-state index >= 15 is 0 Å². The second kappa shape index (κ2) is 11.1. The summed E-state index contributed by atoms with van der Waals surface area (Å²) in [4.78, 5) is 22.4. The molecule has 0 saturated carbocycles. The van der Waals surface area contributed by atoms with Crippen molar-refractivity contribution < 1.29 is 14.3 Å². The number of carbonyl (C=O) groups is 1. The lowest BCUT2D eigenvalue weighted by Crippen LogP contribution is -2.46. The molecule has 2 saturated heterocycles. The van der Waals surface area contributed by atoms with Crippen LogP contribution < -0.4 is 14.8 Å². The van der Waals surface area contributed by atoms with Crippen LogP contribution >= 0.6 is 11.8 Å². The zero-order valence-corrected chi connectivity index (χ0v) is 22.6. The zero-order chi connectivity index (χ0) is 25.9. The Morgan fingerprint density at radius 3 is 2.62 bits per heavy atom. The summed E-state index contributed by atoms with van der Waals surface area (Å²) >= 11 is 1.87. The van der Waals surface area contributed by atoms with E-state index in [2.05, 4.69) is 23.3 Å². The van der Waals surface area contributed by atoms with Crippen LogP contribution in [0.25, 0.3) is 0 Å². The third-order valence-corrected chi connectivity index (χ3v) is 8.29. The Kier molecular flexibility index (Phi) is 7.71. The first-order valence-electron chi connectivity index (χ1n) is 12.9. The largest absolute Gasteiger partial charge is 0.493 e. The molecule has 2 aromatic rings. The van der Waals surface area contributed by atoms with Gasteiger partial charge in [0.05, 0.1) is 25.5 Å². The fraction of sp³-hybridized carbons (Fsp3) is 0.464. The van der Waals surface area contributed by atoms with E-state index in [1.54, 1.807) is 7.11 Å². The number of hydrogen-bond acceptors (Lipinski definition) is 7. The topological polar surface area (TPSA) is 90.2 Å². The predicted molar refractivity (Wildman–Crippen MR) is 149 cm³/mol. The second-order valence-electron chi connectivity index (χ2n) is 9.71. The first-order valence-corrected chi connectivity index (χ1v) is 14.1. The summed E-state index contributed by atoms with van der Waals surface area (Å²) in [6, 6.07) is 11.9. The van der Waals surface area contributed by atoms with Crippen LogP contribution in [0, 0.1) is 5.41 Å². The molecule has 0 aliphatic carbocycles. The van der Waals surface area contributed by atoms with Gasteiger partial charge in [0.1, 0.15) is 0 Å².